The fraction of sp³-hybridized carbons (Fsp3) is 0.645. The van der Waals surface area contributed by atoms with Gasteiger partial charge in [-0.3, -0.25) is 0 Å². The van der Waals surface area contributed by atoms with Crippen LogP contribution in [-0.4, -0.2) is 0 Å². The van der Waals surface area contributed by atoms with Gasteiger partial charge in [-0.1, -0.05) is 230 Å². The molecule has 0 aromatic heterocycles. The fourth-order valence-corrected chi connectivity index (χ4v) is 10.1. The molecule has 1 spiro atoms. The van der Waals surface area contributed by atoms with E-state index in [1.807, 2.05) is 41.5 Å². The minimum Gasteiger partial charge on any atom is -0.0776 e. The van der Waals surface area contributed by atoms with E-state index < -0.39 is 0 Å². The third-order valence-corrected chi connectivity index (χ3v) is 13.2. The van der Waals surface area contributed by atoms with E-state index in [0.717, 1.165) is 46.8 Å². The standard InChI is InChI=1S/C12H16.C12H12.C9H16.C8H16.C8H10.C6H12.3C2H6.CH4/c2*1-9-3-5-12-8-10(2)4-6-11(12)7-9;1-7-3-9(4-7)5-8(2)6-9;2*1-7-3-5-8(2)6-4-7;1-5-3-6(2)4-5;3*1-2;/h3,5,7,10H,4,6,8H2,1-2H3;3-8H,1-2H3;7-8H,3-6H2,1-2H3;7-8H,3-6H2,1-2H3;3-6H,1-2H3;5-6H,3-4H2,1-2H3;3*1-2H3;1H4. The number of hydrogen-bond acceptors (Lipinski definition) is 0. The lowest BCUT2D eigenvalue weighted by Gasteiger charge is -2.56. The van der Waals surface area contributed by atoms with Gasteiger partial charge in [0.25, 0.3) is 0 Å². The molecule has 0 heteroatoms. The lowest BCUT2D eigenvalue weighted by atomic mass is 9.49. The Morgan fingerprint density at radius 1 is 0.355 bits per heavy atom. The van der Waals surface area contributed by atoms with Gasteiger partial charge in [0.1, 0.15) is 0 Å². The molecule has 0 saturated heterocycles. The zero-order valence-electron chi connectivity index (χ0n) is 43.7. The molecule has 9 rings (SSSR count). The van der Waals surface area contributed by atoms with Crippen LogP contribution in [0.15, 0.2) is 78.9 Å². The lowest BCUT2D eigenvalue weighted by molar-refractivity contribution is -0.0549. The molecule has 5 aliphatic carbocycles. The largest absolute Gasteiger partial charge is 0.0776 e. The molecule has 1 atom stereocenters. The third-order valence-electron chi connectivity index (χ3n) is 13.2. The highest BCUT2D eigenvalue weighted by atomic mass is 14.5. The van der Waals surface area contributed by atoms with Crippen LogP contribution in [0.1, 0.15) is 207 Å². The van der Waals surface area contributed by atoms with Crippen molar-refractivity contribution >= 4 is 10.8 Å². The zero-order chi connectivity index (χ0) is 46.1. The summed E-state index contributed by atoms with van der Waals surface area (Å²) < 4.78 is 0. The van der Waals surface area contributed by atoms with Crippen molar-refractivity contribution in [1.29, 1.82) is 0 Å². The molecule has 0 nitrogen and oxygen atoms in total. The molecule has 352 valence electrons. The summed E-state index contributed by atoms with van der Waals surface area (Å²) in [5.74, 6) is 7.12. The molecule has 0 radical (unpaired) electrons. The monoisotopic (exact) mass is 849 g/mol. The van der Waals surface area contributed by atoms with Crippen molar-refractivity contribution in [3.8, 4) is 0 Å². The van der Waals surface area contributed by atoms with E-state index in [1.54, 1.807) is 11.1 Å². The van der Waals surface area contributed by atoms with Gasteiger partial charge in [0.05, 0.1) is 0 Å². The Hall–Kier alpha value is -2.86. The smallest absolute Gasteiger partial charge is 0.0181 e. The molecule has 4 fully saturated rings. The Kier molecular flexibility index (Phi) is 30.4. The first-order valence-corrected chi connectivity index (χ1v) is 25.7. The van der Waals surface area contributed by atoms with Crippen molar-refractivity contribution in [3.63, 3.8) is 0 Å². The van der Waals surface area contributed by atoms with Gasteiger partial charge < -0.3 is 0 Å². The van der Waals surface area contributed by atoms with Crippen LogP contribution in [0.3, 0.4) is 0 Å². The van der Waals surface area contributed by atoms with Crippen molar-refractivity contribution in [3.05, 3.63) is 118 Å². The van der Waals surface area contributed by atoms with Gasteiger partial charge in [-0.15, -0.1) is 0 Å². The molecular weight excluding hydrogens is 745 g/mol. The molecule has 0 aliphatic heterocycles. The van der Waals surface area contributed by atoms with Gasteiger partial charge in [-0.05, 0) is 161 Å². The summed E-state index contributed by atoms with van der Waals surface area (Å²) in [5, 5.41) is 2.67. The van der Waals surface area contributed by atoms with Crippen LogP contribution in [0.25, 0.3) is 10.8 Å². The predicted molar refractivity (Wildman–Crippen MR) is 286 cm³/mol. The molecule has 0 N–H and O–H groups in total. The minimum atomic E-state index is 0. The highest BCUT2D eigenvalue weighted by molar-refractivity contribution is 5.83. The summed E-state index contributed by atoms with van der Waals surface area (Å²) in [7, 11) is 0. The summed E-state index contributed by atoms with van der Waals surface area (Å²) in [6.07, 6.45) is 18.9. The maximum atomic E-state index is 2.38. The maximum Gasteiger partial charge on any atom is -0.0181 e. The van der Waals surface area contributed by atoms with Gasteiger partial charge in [-0.25, -0.2) is 0 Å². The van der Waals surface area contributed by atoms with Gasteiger partial charge in [0, 0.05) is 0 Å². The highest BCUT2D eigenvalue weighted by Crippen LogP contribution is 2.60. The van der Waals surface area contributed by atoms with Crippen molar-refractivity contribution in [2.24, 2.45) is 46.8 Å². The molecule has 4 aromatic rings. The average molecular weight is 850 g/mol. The molecule has 1 unspecified atom stereocenters. The highest BCUT2D eigenvalue weighted by Gasteiger charge is 2.49. The van der Waals surface area contributed by atoms with Crippen LogP contribution in [0.5, 0.6) is 0 Å². The molecule has 0 bridgehead atoms. The van der Waals surface area contributed by atoms with Crippen LogP contribution in [-0.2, 0) is 12.8 Å². The molecular formula is C62H104. The second-order valence-electron chi connectivity index (χ2n) is 20.2. The first-order chi connectivity index (χ1) is 29.1. The maximum absolute atomic E-state index is 2.38. The second-order valence-corrected chi connectivity index (χ2v) is 20.2. The summed E-state index contributed by atoms with van der Waals surface area (Å²) in [6.45, 7) is 39.1. The Morgan fingerprint density at radius 2 is 0.694 bits per heavy atom. The van der Waals surface area contributed by atoms with Gasteiger partial charge in [-0.2, -0.15) is 0 Å². The van der Waals surface area contributed by atoms with Crippen LogP contribution in [0.2, 0.25) is 0 Å². The molecule has 4 saturated carbocycles. The lowest BCUT2D eigenvalue weighted by Crippen LogP contribution is -2.45. The molecule has 4 aromatic carbocycles. The Morgan fingerprint density at radius 3 is 1.03 bits per heavy atom. The number of benzene rings is 4. The Balaban J connectivity index is 0.000000709. The summed E-state index contributed by atoms with van der Waals surface area (Å²) >= 11 is 0. The topological polar surface area (TPSA) is 0 Å². The van der Waals surface area contributed by atoms with E-state index in [9.17, 15) is 0 Å². The average Bonchev–Trinajstić information content (AvgIpc) is 3.22. The molecule has 62 heavy (non-hydrogen) atoms. The number of rotatable bonds is 0. The van der Waals surface area contributed by atoms with E-state index >= 15 is 0 Å². The van der Waals surface area contributed by atoms with Crippen molar-refractivity contribution < 1.29 is 0 Å². The number of fused-ring (bicyclic) bond motifs is 2. The zero-order valence-corrected chi connectivity index (χ0v) is 43.7. The quantitative estimate of drug-likeness (QED) is 0.165. The van der Waals surface area contributed by atoms with Gasteiger partial charge >= 0.3 is 0 Å². The predicted octanol–water partition coefficient (Wildman–Crippen LogP) is 20.3. The summed E-state index contributed by atoms with van der Waals surface area (Å²) in [5.41, 5.74) is 10.8. The van der Waals surface area contributed by atoms with Crippen LogP contribution in [0.4, 0.5) is 0 Å². The van der Waals surface area contributed by atoms with Crippen LogP contribution < -0.4 is 0 Å². The normalized spacial score (nSPS) is 25.5. The van der Waals surface area contributed by atoms with Gasteiger partial charge in [0.2, 0.25) is 0 Å². The van der Waals surface area contributed by atoms with Crippen LogP contribution in [0, 0.1) is 81.5 Å². The Bertz CT molecular complexity index is 1580. The SMILES string of the molecule is C.CC.CC.CC.CC1CC(C)C1.CC1CC2(C1)CC(C)C2.CC1CCC(C)CC1.Cc1ccc(C)cc1.Cc1ccc2c(c1)CCC(C)C2.Cc1ccc2cc(C)ccc2c1. The Labute approximate surface area is 389 Å². The van der Waals surface area contributed by atoms with E-state index in [0.29, 0.717) is 0 Å². The summed E-state index contributed by atoms with van der Waals surface area (Å²) in [6, 6.07) is 28.5. The molecule has 0 heterocycles. The first-order valence-electron chi connectivity index (χ1n) is 25.7. The first kappa shape index (κ1) is 59.1. The minimum absolute atomic E-state index is 0. The van der Waals surface area contributed by atoms with Gasteiger partial charge in [0.15, 0.2) is 0 Å². The summed E-state index contributed by atoms with van der Waals surface area (Å²) in [4.78, 5) is 0. The van der Waals surface area contributed by atoms with Crippen molar-refractivity contribution in [2.45, 2.75) is 216 Å². The second kappa shape index (κ2) is 31.9. The van der Waals surface area contributed by atoms with Crippen molar-refractivity contribution in [2.75, 3.05) is 0 Å². The molecule has 0 amide bonds. The van der Waals surface area contributed by atoms with E-state index in [1.165, 1.54) is 122 Å². The fourth-order valence-electron chi connectivity index (χ4n) is 10.1. The van der Waals surface area contributed by atoms with Crippen LogP contribution >= 0.6 is 0 Å². The third kappa shape index (κ3) is 22.7. The van der Waals surface area contributed by atoms with Crippen molar-refractivity contribution in [1.82, 2.24) is 0 Å². The van der Waals surface area contributed by atoms with E-state index in [2.05, 4.69) is 162 Å². The van der Waals surface area contributed by atoms with E-state index in [4.69, 9.17) is 0 Å². The molecule has 5 aliphatic rings. The van der Waals surface area contributed by atoms with E-state index in [-0.39, 0.29) is 7.43 Å². The number of aryl methyl sites for hydroxylation is 6. The number of hydrogen-bond donors (Lipinski definition) is 0.